The standard InChI is InChI=1S/C18H24BrN3OS/c1-3-22(15-8-5-4-6-9-15)13-7-12-20-18(23)21(2)14-16-10-11-17(19)24-16/h4-6,8-11H,3,7,12-14H2,1-2H3,(H,20,23). The number of rotatable bonds is 8. The number of hydrogen-bond acceptors (Lipinski definition) is 3. The quantitative estimate of drug-likeness (QED) is 0.648. The summed E-state index contributed by atoms with van der Waals surface area (Å²) >= 11 is 5.10. The minimum Gasteiger partial charge on any atom is -0.372 e. The molecule has 2 aromatic rings. The summed E-state index contributed by atoms with van der Waals surface area (Å²) in [5.74, 6) is 0. The average Bonchev–Trinajstić information content (AvgIpc) is 3.00. The molecule has 0 spiro atoms. The van der Waals surface area contributed by atoms with E-state index >= 15 is 0 Å². The van der Waals surface area contributed by atoms with Crippen LogP contribution in [-0.2, 0) is 6.54 Å². The fourth-order valence-corrected chi connectivity index (χ4v) is 3.99. The number of halogens is 1. The Morgan fingerprint density at radius 2 is 1.96 bits per heavy atom. The summed E-state index contributed by atoms with van der Waals surface area (Å²) in [6.07, 6.45) is 0.923. The molecule has 24 heavy (non-hydrogen) atoms. The summed E-state index contributed by atoms with van der Waals surface area (Å²) in [7, 11) is 1.82. The van der Waals surface area contributed by atoms with E-state index in [1.807, 2.05) is 25.2 Å². The Morgan fingerprint density at radius 1 is 1.21 bits per heavy atom. The van der Waals surface area contributed by atoms with E-state index in [1.165, 1.54) is 10.6 Å². The topological polar surface area (TPSA) is 35.6 Å². The van der Waals surface area contributed by atoms with Gasteiger partial charge in [0.2, 0.25) is 0 Å². The molecule has 4 nitrogen and oxygen atoms in total. The first-order chi connectivity index (χ1) is 11.6. The molecule has 0 unspecified atom stereocenters. The van der Waals surface area contributed by atoms with Crippen molar-refractivity contribution < 1.29 is 4.79 Å². The number of carbonyl (C=O) groups is 1. The molecule has 0 bridgehead atoms. The molecule has 0 radical (unpaired) electrons. The van der Waals surface area contributed by atoms with E-state index in [4.69, 9.17) is 0 Å². The monoisotopic (exact) mass is 409 g/mol. The third kappa shape index (κ3) is 5.83. The van der Waals surface area contributed by atoms with Gasteiger partial charge in [0.15, 0.2) is 0 Å². The summed E-state index contributed by atoms with van der Waals surface area (Å²) in [6, 6.07) is 14.4. The lowest BCUT2D eigenvalue weighted by Gasteiger charge is -2.23. The molecule has 1 N–H and O–H groups in total. The SMILES string of the molecule is CCN(CCCNC(=O)N(C)Cc1ccc(Br)s1)c1ccccc1. The van der Waals surface area contributed by atoms with Crippen LogP contribution in [0, 0.1) is 0 Å². The number of nitrogens with zero attached hydrogens (tertiary/aromatic N) is 2. The van der Waals surface area contributed by atoms with Crippen molar-refractivity contribution in [2.45, 2.75) is 19.9 Å². The van der Waals surface area contributed by atoms with Gasteiger partial charge in [-0.2, -0.15) is 0 Å². The first-order valence-corrected chi connectivity index (χ1v) is 9.74. The van der Waals surface area contributed by atoms with Gasteiger partial charge in [-0.3, -0.25) is 0 Å². The van der Waals surface area contributed by atoms with E-state index < -0.39 is 0 Å². The molecule has 0 saturated carbocycles. The number of thiophene rings is 1. The maximum Gasteiger partial charge on any atom is 0.317 e. The highest BCUT2D eigenvalue weighted by molar-refractivity contribution is 9.11. The molecule has 1 aromatic carbocycles. The highest BCUT2D eigenvalue weighted by atomic mass is 79.9. The van der Waals surface area contributed by atoms with Crippen LogP contribution < -0.4 is 10.2 Å². The van der Waals surface area contributed by atoms with Crippen LogP contribution in [0.5, 0.6) is 0 Å². The van der Waals surface area contributed by atoms with Crippen LogP contribution in [0.15, 0.2) is 46.3 Å². The van der Waals surface area contributed by atoms with E-state index in [0.29, 0.717) is 13.1 Å². The van der Waals surface area contributed by atoms with Crippen molar-refractivity contribution in [1.82, 2.24) is 10.2 Å². The zero-order valence-electron chi connectivity index (χ0n) is 14.2. The Morgan fingerprint density at radius 3 is 2.58 bits per heavy atom. The molecule has 0 atom stereocenters. The van der Waals surface area contributed by atoms with Gasteiger partial charge in [0.1, 0.15) is 0 Å². The lowest BCUT2D eigenvalue weighted by atomic mass is 10.2. The number of hydrogen-bond donors (Lipinski definition) is 1. The highest BCUT2D eigenvalue weighted by Gasteiger charge is 2.10. The van der Waals surface area contributed by atoms with Gasteiger partial charge < -0.3 is 15.1 Å². The minimum atomic E-state index is -0.0257. The summed E-state index contributed by atoms with van der Waals surface area (Å²) in [6.45, 7) is 5.36. The Balaban J connectivity index is 1.70. The van der Waals surface area contributed by atoms with Gasteiger partial charge >= 0.3 is 6.03 Å². The fourth-order valence-electron chi connectivity index (χ4n) is 2.45. The number of para-hydroxylation sites is 1. The van der Waals surface area contributed by atoms with Crippen molar-refractivity contribution in [2.24, 2.45) is 0 Å². The van der Waals surface area contributed by atoms with E-state index in [-0.39, 0.29) is 6.03 Å². The summed E-state index contributed by atoms with van der Waals surface area (Å²) in [5.41, 5.74) is 1.23. The second-order valence-electron chi connectivity index (χ2n) is 5.56. The maximum absolute atomic E-state index is 12.1. The number of carbonyl (C=O) groups excluding carboxylic acids is 1. The van der Waals surface area contributed by atoms with Gasteiger partial charge in [-0.15, -0.1) is 11.3 Å². The molecule has 2 rings (SSSR count). The lowest BCUT2D eigenvalue weighted by Crippen LogP contribution is -2.38. The van der Waals surface area contributed by atoms with Gasteiger partial charge in [0.25, 0.3) is 0 Å². The van der Waals surface area contributed by atoms with Crippen LogP contribution >= 0.6 is 27.3 Å². The summed E-state index contributed by atoms with van der Waals surface area (Å²) in [5, 5.41) is 2.99. The maximum atomic E-state index is 12.1. The second kappa shape index (κ2) is 9.69. The van der Waals surface area contributed by atoms with Crippen LogP contribution in [0.4, 0.5) is 10.5 Å². The van der Waals surface area contributed by atoms with E-state index in [9.17, 15) is 4.79 Å². The predicted octanol–water partition coefficient (Wildman–Crippen LogP) is 4.57. The van der Waals surface area contributed by atoms with Gasteiger partial charge in [-0.25, -0.2) is 4.79 Å². The summed E-state index contributed by atoms with van der Waals surface area (Å²) < 4.78 is 1.09. The van der Waals surface area contributed by atoms with Gasteiger partial charge in [-0.05, 0) is 53.5 Å². The molecular weight excluding hydrogens is 386 g/mol. The number of benzene rings is 1. The second-order valence-corrected chi connectivity index (χ2v) is 8.11. The normalized spacial score (nSPS) is 10.5. The number of anilines is 1. The zero-order valence-corrected chi connectivity index (χ0v) is 16.6. The molecule has 0 fully saturated rings. The third-order valence-electron chi connectivity index (χ3n) is 3.75. The van der Waals surface area contributed by atoms with Crippen LogP contribution in [-0.4, -0.2) is 37.6 Å². The molecule has 0 aliphatic rings. The van der Waals surface area contributed by atoms with Crippen molar-refractivity contribution in [3.8, 4) is 0 Å². The molecule has 0 saturated heterocycles. The number of nitrogens with one attached hydrogen (secondary N) is 1. The summed E-state index contributed by atoms with van der Waals surface area (Å²) in [4.78, 5) is 17.3. The molecule has 1 heterocycles. The molecule has 0 aliphatic carbocycles. The Labute approximate surface area is 156 Å². The first kappa shape index (κ1) is 18.8. The molecule has 2 amide bonds. The molecule has 6 heteroatoms. The van der Waals surface area contributed by atoms with Gasteiger partial charge in [0, 0.05) is 37.2 Å². The van der Waals surface area contributed by atoms with Crippen molar-refractivity contribution in [2.75, 3.05) is 31.6 Å². The van der Waals surface area contributed by atoms with Crippen LogP contribution in [0.2, 0.25) is 0 Å². The van der Waals surface area contributed by atoms with Gasteiger partial charge in [0.05, 0.1) is 10.3 Å². The first-order valence-electron chi connectivity index (χ1n) is 8.13. The van der Waals surface area contributed by atoms with E-state index in [2.05, 4.69) is 57.3 Å². The highest BCUT2D eigenvalue weighted by Crippen LogP contribution is 2.22. The molecular formula is C18H24BrN3OS. The third-order valence-corrected chi connectivity index (χ3v) is 5.36. The van der Waals surface area contributed by atoms with Crippen LogP contribution in [0.1, 0.15) is 18.2 Å². The largest absolute Gasteiger partial charge is 0.372 e. The van der Waals surface area contributed by atoms with E-state index in [0.717, 1.165) is 23.3 Å². The predicted molar refractivity (Wildman–Crippen MR) is 106 cm³/mol. The molecule has 0 aliphatic heterocycles. The Hall–Kier alpha value is -1.53. The smallest absolute Gasteiger partial charge is 0.317 e. The number of urea groups is 1. The molecule has 130 valence electrons. The van der Waals surface area contributed by atoms with E-state index in [1.54, 1.807) is 16.2 Å². The van der Waals surface area contributed by atoms with Crippen LogP contribution in [0.3, 0.4) is 0 Å². The van der Waals surface area contributed by atoms with Crippen molar-refractivity contribution >= 4 is 39.0 Å². The lowest BCUT2D eigenvalue weighted by molar-refractivity contribution is 0.207. The minimum absolute atomic E-state index is 0.0257. The Bertz CT molecular complexity index is 632. The zero-order chi connectivity index (χ0) is 17.4. The van der Waals surface area contributed by atoms with Crippen LogP contribution in [0.25, 0.3) is 0 Å². The Kier molecular flexibility index (Phi) is 7.59. The number of amides is 2. The average molecular weight is 410 g/mol. The van der Waals surface area contributed by atoms with Crippen molar-refractivity contribution in [1.29, 1.82) is 0 Å². The molecule has 1 aromatic heterocycles. The van der Waals surface area contributed by atoms with Crippen molar-refractivity contribution in [3.63, 3.8) is 0 Å². The van der Waals surface area contributed by atoms with Gasteiger partial charge in [-0.1, -0.05) is 18.2 Å². The van der Waals surface area contributed by atoms with Crippen molar-refractivity contribution in [3.05, 3.63) is 51.1 Å². The fraction of sp³-hybridized carbons (Fsp3) is 0.389.